The van der Waals surface area contributed by atoms with Crippen molar-refractivity contribution in [1.82, 2.24) is 0 Å². The van der Waals surface area contributed by atoms with Gasteiger partial charge in [0.25, 0.3) is 0 Å². The lowest BCUT2D eigenvalue weighted by Crippen LogP contribution is -2.20. The predicted octanol–water partition coefficient (Wildman–Crippen LogP) is 6.63. The lowest BCUT2D eigenvalue weighted by molar-refractivity contribution is 0.122. The normalized spacial score (nSPS) is 14.7. The van der Waals surface area contributed by atoms with Gasteiger partial charge in [-0.15, -0.1) is 0 Å². The summed E-state index contributed by atoms with van der Waals surface area (Å²) in [6, 6.07) is 4.11. The minimum atomic E-state index is -0.526. The second-order valence-corrected chi connectivity index (χ2v) is 8.51. The topological polar surface area (TPSA) is 38.7 Å². The monoisotopic (exact) mass is 550 g/mol. The summed E-state index contributed by atoms with van der Waals surface area (Å²) < 4.78 is 12.6. The van der Waals surface area contributed by atoms with Crippen molar-refractivity contribution in [3.8, 4) is 5.75 Å². The molecule has 1 aromatic rings. The molecule has 1 atom stereocenters. The number of aliphatic hydroxyl groups excluding tert-OH is 1. The standard InChI is InChI=1S/C20H25Br3O3/c1-6-14(7-8-16(11-21)25-5)20(3,4)15-9-17(22)19(18(23)10-15)26-12-13(2)24/h6-11,13,24H,12H2,1-5H3/b8-7-,14-6+,16-11-. The van der Waals surface area contributed by atoms with E-state index in [1.54, 1.807) is 19.0 Å². The highest BCUT2D eigenvalue weighted by atomic mass is 79.9. The van der Waals surface area contributed by atoms with Crippen LogP contribution in [0.5, 0.6) is 5.75 Å². The SMILES string of the molecule is C\C=C(/C=C\C(=C\Br)OC)C(C)(C)c1cc(Br)c(OCC(C)O)c(Br)c1. The Balaban J connectivity index is 3.22. The van der Waals surface area contributed by atoms with Crippen molar-refractivity contribution in [3.05, 3.63) is 61.2 Å². The molecule has 0 saturated carbocycles. The Kier molecular flexibility index (Phi) is 9.65. The largest absolute Gasteiger partial charge is 0.496 e. The lowest BCUT2D eigenvalue weighted by atomic mass is 9.77. The van der Waals surface area contributed by atoms with Crippen molar-refractivity contribution >= 4 is 47.8 Å². The second-order valence-electron chi connectivity index (χ2n) is 6.35. The Bertz CT molecular complexity index is 681. The number of allylic oxidation sites excluding steroid dienone is 4. The quantitative estimate of drug-likeness (QED) is 0.290. The van der Waals surface area contributed by atoms with Gasteiger partial charge in [0, 0.05) is 10.4 Å². The van der Waals surface area contributed by atoms with E-state index in [1.165, 1.54) is 0 Å². The molecule has 0 bridgehead atoms. The molecule has 1 N–H and O–H groups in total. The number of ether oxygens (including phenoxy) is 2. The number of rotatable bonds is 8. The summed E-state index contributed by atoms with van der Waals surface area (Å²) in [6.07, 6.45) is 5.55. The molecule has 0 aromatic heterocycles. The molecule has 6 heteroatoms. The molecule has 0 fully saturated rings. The fraction of sp³-hybridized carbons (Fsp3) is 0.400. The highest BCUT2D eigenvalue weighted by molar-refractivity contribution is 9.11. The molecule has 3 nitrogen and oxygen atoms in total. The van der Waals surface area contributed by atoms with Crippen LogP contribution in [0.3, 0.4) is 0 Å². The zero-order chi connectivity index (χ0) is 19.9. The van der Waals surface area contributed by atoms with E-state index >= 15 is 0 Å². The van der Waals surface area contributed by atoms with Crippen LogP contribution in [0.15, 0.2) is 55.6 Å². The van der Waals surface area contributed by atoms with Gasteiger partial charge >= 0.3 is 0 Å². The number of hydrogen-bond acceptors (Lipinski definition) is 3. The molecular formula is C20H25Br3O3. The summed E-state index contributed by atoms with van der Waals surface area (Å²) in [5.41, 5.74) is 2.04. The number of aliphatic hydroxyl groups is 1. The van der Waals surface area contributed by atoms with Crippen molar-refractivity contribution in [2.24, 2.45) is 0 Å². The van der Waals surface area contributed by atoms with Crippen LogP contribution in [0.2, 0.25) is 0 Å². The Labute approximate surface area is 181 Å². The number of methoxy groups -OCH3 is 1. The average molecular weight is 553 g/mol. The third-order valence-electron chi connectivity index (χ3n) is 3.99. The smallest absolute Gasteiger partial charge is 0.147 e. The first-order chi connectivity index (χ1) is 12.2. The molecule has 0 spiro atoms. The predicted molar refractivity (Wildman–Crippen MR) is 119 cm³/mol. The van der Waals surface area contributed by atoms with Gasteiger partial charge in [-0.25, -0.2) is 0 Å². The number of benzene rings is 1. The first-order valence-corrected chi connectivity index (χ1v) is 10.7. The van der Waals surface area contributed by atoms with Gasteiger partial charge in [0.05, 0.1) is 22.2 Å². The van der Waals surface area contributed by atoms with E-state index in [2.05, 4.69) is 85.9 Å². The minimum absolute atomic E-state index is 0.232. The molecule has 0 heterocycles. The molecule has 26 heavy (non-hydrogen) atoms. The summed E-state index contributed by atoms with van der Waals surface area (Å²) in [4.78, 5) is 1.74. The van der Waals surface area contributed by atoms with Crippen LogP contribution in [0.4, 0.5) is 0 Å². The molecule has 1 unspecified atom stereocenters. The maximum atomic E-state index is 9.44. The van der Waals surface area contributed by atoms with Gasteiger partial charge in [0.15, 0.2) is 0 Å². The highest BCUT2D eigenvalue weighted by Crippen LogP contribution is 2.41. The number of halogens is 3. The van der Waals surface area contributed by atoms with Crippen LogP contribution in [0, 0.1) is 0 Å². The molecule has 0 radical (unpaired) electrons. The van der Waals surface area contributed by atoms with Crippen molar-refractivity contribution in [2.75, 3.05) is 13.7 Å². The first-order valence-electron chi connectivity index (χ1n) is 8.17. The van der Waals surface area contributed by atoms with Gasteiger partial charge in [-0.2, -0.15) is 0 Å². The molecule has 144 valence electrons. The molecule has 0 amide bonds. The van der Waals surface area contributed by atoms with E-state index in [1.807, 2.05) is 13.0 Å². The van der Waals surface area contributed by atoms with Gasteiger partial charge in [-0.3, -0.25) is 0 Å². The van der Waals surface area contributed by atoms with Crippen LogP contribution in [-0.4, -0.2) is 24.9 Å². The van der Waals surface area contributed by atoms with E-state index in [-0.39, 0.29) is 12.0 Å². The zero-order valence-corrected chi connectivity index (χ0v) is 20.4. The first kappa shape index (κ1) is 23.5. The fourth-order valence-corrected chi connectivity index (χ4v) is 4.17. The van der Waals surface area contributed by atoms with E-state index in [0.717, 1.165) is 25.8 Å². The third-order valence-corrected chi connectivity index (χ3v) is 5.62. The molecule has 0 saturated heterocycles. The van der Waals surface area contributed by atoms with Gasteiger partial charge in [-0.05, 0) is 75.1 Å². The summed E-state index contributed by atoms with van der Waals surface area (Å²) in [6.45, 7) is 8.29. The van der Waals surface area contributed by atoms with Crippen molar-refractivity contribution in [3.63, 3.8) is 0 Å². The maximum absolute atomic E-state index is 9.44. The maximum Gasteiger partial charge on any atom is 0.147 e. The van der Waals surface area contributed by atoms with E-state index in [9.17, 15) is 5.11 Å². The Morgan fingerprint density at radius 2 is 1.81 bits per heavy atom. The third kappa shape index (κ3) is 6.25. The molecular weight excluding hydrogens is 528 g/mol. The van der Waals surface area contributed by atoms with Gasteiger partial charge in [0.2, 0.25) is 0 Å². The van der Waals surface area contributed by atoms with Crippen molar-refractivity contribution < 1.29 is 14.6 Å². The van der Waals surface area contributed by atoms with Crippen LogP contribution in [0.25, 0.3) is 0 Å². The van der Waals surface area contributed by atoms with Crippen LogP contribution < -0.4 is 4.74 Å². The van der Waals surface area contributed by atoms with E-state index in [4.69, 9.17) is 9.47 Å². The van der Waals surface area contributed by atoms with Crippen LogP contribution >= 0.6 is 47.8 Å². The zero-order valence-electron chi connectivity index (χ0n) is 15.6. The fourth-order valence-electron chi connectivity index (χ4n) is 2.42. The summed E-state index contributed by atoms with van der Waals surface area (Å²) in [7, 11) is 1.64. The molecule has 0 aliphatic carbocycles. The second kappa shape index (κ2) is 10.7. The van der Waals surface area contributed by atoms with Crippen LogP contribution in [0.1, 0.15) is 33.3 Å². The molecule has 0 aliphatic heterocycles. The molecule has 0 aliphatic rings. The van der Waals surface area contributed by atoms with E-state index < -0.39 is 6.10 Å². The van der Waals surface area contributed by atoms with Gasteiger partial charge < -0.3 is 14.6 Å². The number of hydrogen-bond donors (Lipinski definition) is 1. The van der Waals surface area contributed by atoms with Gasteiger partial charge in [0.1, 0.15) is 18.1 Å². The average Bonchev–Trinajstić information content (AvgIpc) is 2.57. The van der Waals surface area contributed by atoms with Crippen molar-refractivity contribution in [2.45, 2.75) is 39.2 Å². The lowest BCUT2D eigenvalue weighted by Gasteiger charge is -2.28. The summed E-state index contributed by atoms with van der Waals surface area (Å²) >= 11 is 10.5. The minimum Gasteiger partial charge on any atom is -0.496 e. The molecule has 1 rings (SSSR count). The summed E-state index contributed by atoms with van der Waals surface area (Å²) in [5.74, 6) is 1.43. The Morgan fingerprint density at radius 1 is 1.23 bits per heavy atom. The summed E-state index contributed by atoms with van der Waals surface area (Å²) in [5, 5.41) is 9.44. The van der Waals surface area contributed by atoms with Crippen LogP contribution in [-0.2, 0) is 10.2 Å². The highest BCUT2D eigenvalue weighted by Gasteiger charge is 2.26. The Hall–Kier alpha value is -0.560. The van der Waals surface area contributed by atoms with Crippen molar-refractivity contribution in [1.29, 1.82) is 0 Å². The van der Waals surface area contributed by atoms with E-state index in [0.29, 0.717) is 5.75 Å². The molecule has 1 aromatic carbocycles. The van der Waals surface area contributed by atoms with Gasteiger partial charge in [-0.1, -0.05) is 41.9 Å². The Morgan fingerprint density at radius 3 is 2.23 bits per heavy atom.